The highest BCUT2D eigenvalue weighted by atomic mass is 35.5. The van der Waals surface area contributed by atoms with Crippen LogP contribution in [0.1, 0.15) is 106 Å². The zero-order chi connectivity index (χ0) is 104. The second kappa shape index (κ2) is 47.4. The molecule has 3 aliphatic rings. The molecule has 9 aromatic carbocycles. The number of aliphatic imine (C=N–C) groups is 1. The average molecular weight is 2090 g/mol. The highest BCUT2D eigenvalue weighted by Gasteiger charge is 2.38. The first-order valence-corrected chi connectivity index (χ1v) is 49.0. The molecule has 1 atom stereocenters. The molecular weight excluding hydrogens is 1990 g/mol. The lowest BCUT2D eigenvalue weighted by molar-refractivity contribution is -0.120. The van der Waals surface area contributed by atoms with E-state index in [0.717, 1.165) is 114 Å². The average Bonchev–Trinajstić information content (AvgIpc) is 1.42. The maximum atomic E-state index is 13.8. The molecule has 11 heterocycles. The van der Waals surface area contributed by atoms with Crippen molar-refractivity contribution in [3.63, 3.8) is 0 Å². The number of nitrogens with zero attached hydrogens (tertiary/aromatic N) is 14. The predicted molar refractivity (Wildman–Crippen MR) is 571 cm³/mol. The number of fused-ring (bicyclic) bond motifs is 4. The first-order valence-electron chi connectivity index (χ1n) is 47.2. The van der Waals surface area contributed by atoms with Crippen molar-refractivity contribution in [3.8, 4) is 79.5 Å². The molecule has 0 radical (unpaired) electrons. The van der Waals surface area contributed by atoms with Gasteiger partial charge < -0.3 is 55.2 Å². The van der Waals surface area contributed by atoms with Crippen LogP contribution in [0.25, 0.3) is 94.1 Å². The number of aromatic nitrogens is 12. The quantitative estimate of drug-likeness (QED) is 0.0314. The zero-order valence-electron chi connectivity index (χ0n) is 80.2. The van der Waals surface area contributed by atoms with Crippen LogP contribution in [0.4, 0.5) is 25.8 Å². The largest absolute Gasteiger partial charge is 0.497 e. The molecular formula is C112H94Cl5F2N17O12. The number of amides is 3. The Morgan fingerprint density at radius 2 is 1.24 bits per heavy atom. The van der Waals surface area contributed by atoms with Gasteiger partial charge in [0.1, 0.15) is 22.8 Å². The second-order valence-electron chi connectivity index (χ2n) is 33.9. The molecule has 1 aliphatic carbocycles. The number of nitrogens with one attached hydrogen (secondary N) is 2. The normalized spacial score (nSPS) is 12.8. The summed E-state index contributed by atoms with van der Waals surface area (Å²) in [5.41, 5.74) is 21.4. The summed E-state index contributed by atoms with van der Waals surface area (Å²) in [6, 6.07) is 68.1. The first-order chi connectivity index (χ1) is 71.9. The molecule has 0 spiro atoms. The molecule has 36 heteroatoms. The van der Waals surface area contributed by atoms with Crippen molar-refractivity contribution in [1.82, 2.24) is 64.7 Å². The summed E-state index contributed by atoms with van der Waals surface area (Å²) in [4.78, 5) is 100. The van der Waals surface area contributed by atoms with Crippen molar-refractivity contribution in [1.29, 1.82) is 0 Å². The molecule has 21 rings (SSSR count). The Morgan fingerprint density at radius 1 is 0.554 bits per heavy atom. The van der Waals surface area contributed by atoms with Gasteiger partial charge in [-0.05, 0) is 230 Å². The summed E-state index contributed by atoms with van der Waals surface area (Å²) in [5.74, 6) is 1.40. The molecule has 748 valence electrons. The van der Waals surface area contributed by atoms with Gasteiger partial charge in [-0.15, -0.1) is 5.10 Å². The number of rotatable bonds is 26. The molecule has 18 aromatic rings. The van der Waals surface area contributed by atoms with E-state index in [1.54, 1.807) is 84.1 Å². The van der Waals surface area contributed by atoms with Crippen molar-refractivity contribution >= 4 is 142 Å². The van der Waals surface area contributed by atoms with Crippen LogP contribution in [0.15, 0.2) is 295 Å². The fraction of sp³-hybridized carbons (Fsp3) is 0.179. The predicted octanol–water partition coefficient (Wildman–Crippen LogP) is 21.9. The van der Waals surface area contributed by atoms with Crippen LogP contribution in [-0.2, 0) is 43.8 Å². The highest BCUT2D eigenvalue weighted by Crippen LogP contribution is 2.45. The first kappa shape index (κ1) is 103. The number of carbonyl (C=O) groups excluding carboxylic acids is 3. The third-order valence-electron chi connectivity index (χ3n) is 24.4. The number of methoxy groups -OCH3 is 1. The van der Waals surface area contributed by atoms with Gasteiger partial charge >= 0.3 is 12.3 Å². The topological polar surface area (TPSA) is 376 Å². The van der Waals surface area contributed by atoms with Crippen LogP contribution < -0.4 is 56.2 Å². The van der Waals surface area contributed by atoms with Gasteiger partial charge in [0.05, 0.1) is 99.7 Å². The van der Waals surface area contributed by atoms with E-state index >= 15 is 0 Å². The number of nitrogens with two attached hydrogens (primary N) is 1. The lowest BCUT2D eigenvalue weighted by Gasteiger charge is -2.21. The van der Waals surface area contributed by atoms with Crippen LogP contribution in [0, 0.1) is 5.92 Å². The molecule has 148 heavy (non-hydrogen) atoms. The Bertz CT molecular complexity index is 8130. The number of hydrogen-bond donors (Lipinski definition) is 5. The minimum atomic E-state index is -2.99. The minimum Gasteiger partial charge on any atom is -0.497 e. The molecule has 0 bridgehead atoms. The minimum absolute atomic E-state index is 0.0803. The van der Waals surface area contributed by atoms with E-state index in [0.29, 0.717) is 151 Å². The summed E-state index contributed by atoms with van der Waals surface area (Å²) >= 11 is 30.6. The third-order valence-corrected chi connectivity index (χ3v) is 25.9. The van der Waals surface area contributed by atoms with E-state index < -0.39 is 24.6 Å². The Kier molecular flexibility index (Phi) is 33.1. The van der Waals surface area contributed by atoms with Crippen molar-refractivity contribution < 1.29 is 57.1 Å². The molecule has 2 aliphatic heterocycles. The van der Waals surface area contributed by atoms with Crippen molar-refractivity contribution in [2.75, 3.05) is 49.4 Å². The fourth-order valence-electron chi connectivity index (χ4n) is 17.2. The Hall–Kier alpha value is -16.1. The number of ether oxygens (including phenoxy) is 5. The van der Waals surface area contributed by atoms with E-state index in [4.69, 9.17) is 92.8 Å². The van der Waals surface area contributed by atoms with Gasteiger partial charge in [-0.1, -0.05) is 156 Å². The third kappa shape index (κ3) is 23.4. The SMILES string of the molecule is CCOc1cc2cc(CO)c(CO)c(-c3ccnc(-n4nc(-c5cccnc5)c5ccccc5c4=O)c3)c2cc1OCC.CCc1ccc2c(-c3cccc(Cl)c3)nc(=O)n(CC)c2n1.COc1ccc2c(Cc3c(Cl)cncc3Cl)nnc(-c3ccccc3)c2c1.Nc1cc2c3c(c1)C(c1ccccc1)=N[C@@H](NC(=O)c1cccnc1)C(=O)N3CC2.O=C(Nc1c(Cl)cncc1Cl)c1ccc(OC(F)F)c(OCC2CC2)c1. The molecule has 29 nitrogen and oxygen atoms in total. The van der Waals surface area contributed by atoms with Crippen LogP contribution in [0.2, 0.25) is 25.1 Å². The van der Waals surface area contributed by atoms with Crippen molar-refractivity contribution in [2.24, 2.45) is 10.9 Å². The molecule has 3 amide bonds. The summed E-state index contributed by atoms with van der Waals surface area (Å²) < 4.78 is 55.2. The zero-order valence-corrected chi connectivity index (χ0v) is 84.0. The number of aliphatic hydroxyl groups is 2. The van der Waals surface area contributed by atoms with E-state index in [9.17, 15) is 43.0 Å². The number of nitrogen functional groups attached to an aromatic ring is 1. The molecule has 1 saturated carbocycles. The number of anilines is 3. The van der Waals surface area contributed by atoms with Crippen LogP contribution in [-0.4, -0.2) is 139 Å². The molecule has 6 N–H and O–H groups in total. The summed E-state index contributed by atoms with van der Waals surface area (Å²) in [6.07, 6.45) is 16.9. The van der Waals surface area contributed by atoms with Crippen molar-refractivity contribution in [3.05, 3.63) is 382 Å². The van der Waals surface area contributed by atoms with E-state index in [2.05, 4.69) is 60.5 Å². The number of halogens is 7. The van der Waals surface area contributed by atoms with Gasteiger partial charge in [-0.3, -0.25) is 43.7 Å². The standard InChI is InChI=1S/C34H30N4O5.C23H19N5O2.C21H15Cl2N3O.C17H14Cl2F2N2O3.C17H16ClN3O/c1-3-42-29-15-23-14-24(19-39)28(20-40)32(27(23)17-30(29)43-4-2)21-11-13-36-31(16-21)38-34(41)26-10-6-5-9-25(26)33(37-38)22-8-7-12-35-18-22;24-17-11-15-8-10-28-20(15)18(12-17)19(14-5-2-1-3-6-14)26-21(23(28)30)27-22(29)16-7-4-9-25-13-16;1-27-14-7-8-15-16(9-14)21(13-5-3-2-4-6-13)26-25-20(15)10-17-18(22)11-24-12-19(17)23;18-11-6-22-7-12(19)15(11)23-16(24)10-3-4-13(26-17(20)21)14(5-10)25-8-9-1-2-9;1-3-13-8-9-14-15(11-6-5-7-12(18)10-11)20-17(22)21(4-2)16(14)19-13/h5-18,39-40H,3-4,19-20H2,1-2H3;1-7,9,11-13,21H,8,10,24H2,(H,27,29);2-9,11-12H,10H2,1H3;3-7,9,17H,1-2,8H2,(H,22,23,24);5-10H,3-4H2,1-2H3/t;21-;;;/m.0.../s1. The van der Waals surface area contributed by atoms with Crippen LogP contribution in [0.5, 0.6) is 28.7 Å². The number of aryl methyl sites for hydroxylation is 2. The lowest BCUT2D eigenvalue weighted by Crippen LogP contribution is -2.47. The van der Waals surface area contributed by atoms with Gasteiger partial charge in [0.2, 0.25) is 6.17 Å². The van der Waals surface area contributed by atoms with E-state index in [1.165, 1.54) is 41.5 Å². The van der Waals surface area contributed by atoms with Gasteiger partial charge in [-0.2, -0.15) is 28.6 Å². The van der Waals surface area contributed by atoms with Crippen molar-refractivity contribution in [2.45, 2.75) is 92.3 Å². The van der Waals surface area contributed by atoms with Gasteiger partial charge in [-0.25, -0.2) is 19.8 Å². The number of hydrogen-bond acceptors (Lipinski definition) is 24. The Labute approximate surface area is 872 Å². The van der Waals surface area contributed by atoms with Gasteiger partial charge in [0.15, 0.2) is 28.8 Å². The number of aliphatic hydroxyl groups excluding tert-OH is 2. The van der Waals surface area contributed by atoms with E-state index in [-0.39, 0.29) is 63.2 Å². The van der Waals surface area contributed by atoms with Crippen LogP contribution >= 0.6 is 58.0 Å². The number of carbonyl (C=O) groups is 3. The highest BCUT2D eigenvalue weighted by molar-refractivity contribution is 6.40. The summed E-state index contributed by atoms with van der Waals surface area (Å²) in [7, 11) is 1.65. The Morgan fingerprint density at radius 3 is 1.91 bits per heavy atom. The maximum absolute atomic E-state index is 13.8. The number of benzene rings is 9. The second-order valence-corrected chi connectivity index (χ2v) is 36.0. The molecule has 1 fully saturated rings. The van der Waals surface area contributed by atoms with Gasteiger partial charge in [0.25, 0.3) is 23.3 Å². The lowest BCUT2D eigenvalue weighted by atomic mass is 9.90. The fourth-order valence-corrected chi connectivity index (χ4v) is 18.3. The number of alkyl halides is 2. The molecule has 0 saturated heterocycles. The maximum Gasteiger partial charge on any atom is 0.387 e. The Balaban J connectivity index is 0.000000129. The summed E-state index contributed by atoms with van der Waals surface area (Å²) in [6.45, 7) is 6.55. The molecule has 0 unspecified atom stereocenters. The van der Waals surface area contributed by atoms with Crippen LogP contribution in [0.3, 0.4) is 0 Å². The molecule has 9 aromatic heterocycles. The van der Waals surface area contributed by atoms with Gasteiger partial charge in [0, 0.05) is 147 Å². The summed E-state index contributed by atoms with van der Waals surface area (Å²) in [5, 5.41) is 47.5. The number of pyridine rings is 6. The monoisotopic (exact) mass is 2080 g/mol. The van der Waals surface area contributed by atoms with E-state index in [1.807, 2.05) is 204 Å². The smallest absolute Gasteiger partial charge is 0.387 e.